The van der Waals surface area contributed by atoms with Gasteiger partial charge in [-0.1, -0.05) is 39.7 Å². The second kappa shape index (κ2) is 9.40. The topological polar surface area (TPSA) is 70.2 Å². The highest BCUT2D eigenvalue weighted by Crippen LogP contribution is 2.27. The molecule has 1 aliphatic rings. The SMILES string of the molecule is CN(C)c1nc(NC2CCC(NC(=O)c3ccc(Br)cc3Cl)CC2)nc2ccccc12. The third-order valence-electron chi connectivity index (χ3n) is 5.58. The number of rotatable bonds is 5. The maximum Gasteiger partial charge on any atom is 0.253 e. The van der Waals surface area contributed by atoms with Crippen LogP contribution in [0, 0.1) is 0 Å². The molecule has 162 valence electrons. The van der Waals surface area contributed by atoms with Gasteiger partial charge in [0.15, 0.2) is 0 Å². The summed E-state index contributed by atoms with van der Waals surface area (Å²) < 4.78 is 0.856. The monoisotopic (exact) mass is 501 g/mol. The van der Waals surface area contributed by atoms with Gasteiger partial charge >= 0.3 is 0 Å². The lowest BCUT2D eigenvalue weighted by Gasteiger charge is -2.30. The molecule has 2 N–H and O–H groups in total. The van der Waals surface area contributed by atoms with Crippen molar-refractivity contribution in [3.8, 4) is 0 Å². The van der Waals surface area contributed by atoms with Crippen LogP contribution in [0.1, 0.15) is 36.0 Å². The molecule has 1 aliphatic carbocycles. The summed E-state index contributed by atoms with van der Waals surface area (Å²) in [6.07, 6.45) is 3.66. The summed E-state index contributed by atoms with van der Waals surface area (Å²) in [5.74, 6) is 1.43. The van der Waals surface area contributed by atoms with Gasteiger partial charge in [-0.15, -0.1) is 0 Å². The molecule has 1 amide bonds. The number of anilines is 2. The minimum atomic E-state index is -0.123. The van der Waals surface area contributed by atoms with Crippen LogP contribution >= 0.6 is 27.5 Å². The summed E-state index contributed by atoms with van der Waals surface area (Å²) in [5.41, 5.74) is 1.43. The van der Waals surface area contributed by atoms with Gasteiger partial charge in [0.05, 0.1) is 16.1 Å². The zero-order valence-corrected chi connectivity index (χ0v) is 19.9. The van der Waals surface area contributed by atoms with Crippen LogP contribution in [0.15, 0.2) is 46.9 Å². The van der Waals surface area contributed by atoms with Crippen molar-refractivity contribution in [1.29, 1.82) is 0 Å². The van der Waals surface area contributed by atoms with Crippen molar-refractivity contribution in [3.63, 3.8) is 0 Å². The molecule has 2 aromatic carbocycles. The van der Waals surface area contributed by atoms with Crippen molar-refractivity contribution in [1.82, 2.24) is 15.3 Å². The summed E-state index contributed by atoms with van der Waals surface area (Å²) >= 11 is 9.58. The molecule has 8 heteroatoms. The van der Waals surface area contributed by atoms with E-state index >= 15 is 0 Å². The molecule has 0 unspecified atom stereocenters. The van der Waals surface area contributed by atoms with Crippen molar-refractivity contribution in [2.75, 3.05) is 24.3 Å². The second-order valence-electron chi connectivity index (χ2n) is 8.07. The number of carbonyl (C=O) groups excluding carboxylic acids is 1. The lowest BCUT2D eigenvalue weighted by Crippen LogP contribution is -2.40. The number of amides is 1. The summed E-state index contributed by atoms with van der Waals surface area (Å²) in [6, 6.07) is 13.8. The normalized spacial score (nSPS) is 18.6. The molecule has 0 radical (unpaired) electrons. The summed E-state index contributed by atoms with van der Waals surface area (Å²) in [7, 11) is 3.98. The van der Waals surface area contributed by atoms with E-state index in [-0.39, 0.29) is 18.0 Å². The minimum absolute atomic E-state index is 0.123. The third kappa shape index (κ3) is 5.10. The van der Waals surface area contributed by atoms with Gasteiger partial charge in [0, 0.05) is 36.0 Å². The zero-order valence-electron chi connectivity index (χ0n) is 17.5. The Morgan fingerprint density at radius 3 is 2.48 bits per heavy atom. The quantitative estimate of drug-likeness (QED) is 0.498. The van der Waals surface area contributed by atoms with Crippen LogP contribution in [0.2, 0.25) is 5.02 Å². The maximum atomic E-state index is 12.6. The Balaban J connectivity index is 1.38. The number of benzene rings is 2. The largest absolute Gasteiger partial charge is 0.362 e. The Kier molecular flexibility index (Phi) is 6.62. The molecule has 1 saturated carbocycles. The van der Waals surface area contributed by atoms with Gasteiger partial charge < -0.3 is 15.5 Å². The minimum Gasteiger partial charge on any atom is -0.362 e. The lowest BCUT2D eigenvalue weighted by atomic mass is 9.91. The molecule has 3 aromatic rings. The first kappa shape index (κ1) is 21.8. The Morgan fingerprint density at radius 1 is 1.06 bits per heavy atom. The molecule has 31 heavy (non-hydrogen) atoms. The average molecular weight is 503 g/mol. The highest BCUT2D eigenvalue weighted by molar-refractivity contribution is 9.10. The molecule has 0 aliphatic heterocycles. The Bertz CT molecular complexity index is 1100. The molecule has 1 fully saturated rings. The first-order valence-corrected chi connectivity index (χ1v) is 11.5. The van der Waals surface area contributed by atoms with Gasteiger partial charge in [0.25, 0.3) is 5.91 Å². The van der Waals surface area contributed by atoms with Crippen molar-refractivity contribution < 1.29 is 4.79 Å². The predicted octanol–water partition coefficient (Wildman–Crippen LogP) is 5.26. The summed E-state index contributed by atoms with van der Waals surface area (Å²) in [6.45, 7) is 0. The van der Waals surface area contributed by atoms with Crippen molar-refractivity contribution >= 4 is 56.1 Å². The first-order valence-electron chi connectivity index (χ1n) is 10.4. The predicted molar refractivity (Wildman–Crippen MR) is 130 cm³/mol. The number of hydrogen-bond acceptors (Lipinski definition) is 5. The molecule has 0 saturated heterocycles. The van der Waals surface area contributed by atoms with Gasteiger partial charge in [0.2, 0.25) is 5.95 Å². The molecule has 0 bridgehead atoms. The van der Waals surface area contributed by atoms with Gasteiger partial charge in [0.1, 0.15) is 5.82 Å². The van der Waals surface area contributed by atoms with Crippen LogP contribution < -0.4 is 15.5 Å². The average Bonchev–Trinajstić information content (AvgIpc) is 2.74. The van der Waals surface area contributed by atoms with Crippen molar-refractivity contribution in [3.05, 3.63) is 57.5 Å². The van der Waals surface area contributed by atoms with Crippen LogP contribution in [0.4, 0.5) is 11.8 Å². The van der Waals surface area contributed by atoms with E-state index in [0.717, 1.165) is 46.9 Å². The fraction of sp³-hybridized carbons (Fsp3) is 0.348. The smallest absolute Gasteiger partial charge is 0.253 e. The zero-order chi connectivity index (χ0) is 22.0. The highest BCUT2D eigenvalue weighted by atomic mass is 79.9. The Morgan fingerprint density at radius 2 is 1.77 bits per heavy atom. The van der Waals surface area contributed by atoms with E-state index in [1.165, 1.54) is 0 Å². The summed E-state index contributed by atoms with van der Waals surface area (Å²) in [5, 5.41) is 8.11. The Labute approximate surface area is 195 Å². The molecule has 1 aromatic heterocycles. The van der Waals surface area contributed by atoms with Crippen LogP contribution in [0.25, 0.3) is 10.9 Å². The first-order chi connectivity index (χ1) is 14.9. The number of nitrogens with one attached hydrogen (secondary N) is 2. The molecular weight excluding hydrogens is 478 g/mol. The van der Waals surface area contributed by atoms with Gasteiger partial charge in [-0.05, 0) is 56.0 Å². The number of fused-ring (bicyclic) bond motifs is 1. The third-order valence-corrected chi connectivity index (χ3v) is 6.38. The summed E-state index contributed by atoms with van der Waals surface area (Å²) in [4.78, 5) is 24.0. The van der Waals surface area contributed by atoms with Crippen molar-refractivity contribution in [2.45, 2.75) is 37.8 Å². The van der Waals surface area contributed by atoms with E-state index in [1.807, 2.05) is 49.3 Å². The molecule has 4 rings (SSSR count). The fourth-order valence-electron chi connectivity index (χ4n) is 3.97. The molecule has 0 spiro atoms. The van der Waals surface area contributed by atoms with Crippen LogP contribution in [0.5, 0.6) is 0 Å². The number of nitrogens with zero attached hydrogens (tertiary/aromatic N) is 3. The Hall–Kier alpha value is -2.38. The fourth-order valence-corrected chi connectivity index (χ4v) is 4.73. The number of carbonyl (C=O) groups is 1. The van der Waals surface area contributed by atoms with E-state index < -0.39 is 0 Å². The number of aromatic nitrogens is 2. The number of para-hydroxylation sites is 1. The van der Waals surface area contributed by atoms with E-state index in [2.05, 4.69) is 26.6 Å². The molecule has 6 nitrogen and oxygen atoms in total. The standard InChI is InChI=1S/C23H25BrClN5O/c1-30(2)21-18-5-3-4-6-20(18)28-23(29-21)27-16-10-8-15(9-11-16)26-22(31)17-12-7-14(24)13-19(17)25/h3-7,12-13,15-16H,8-11H2,1-2H3,(H,26,31)(H,27,28,29). The van der Waals surface area contributed by atoms with Crippen LogP contribution in [-0.2, 0) is 0 Å². The van der Waals surface area contributed by atoms with Gasteiger partial charge in [-0.2, -0.15) is 4.98 Å². The van der Waals surface area contributed by atoms with Gasteiger partial charge in [-0.25, -0.2) is 4.98 Å². The van der Waals surface area contributed by atoms with E-state index in [9.17, 15) is 4.79 Å². The molecular formula is C23H25BrClN5O. The van der Waals surface area contributed by atoms with E-state index in [0.29, 0.717) is 16.5 Å². The highest BCUT2D eigenvalue weighted by Gasteiger charge is 2.24. The number of hydrogen-bond donors (Lipinski definition) is 2. The molecule has 0 atom stereocenters. The molecule has 1 heterocycles. The van der Waals surface area contributed by atoms with Gasteiger partial charge in [-0.3, -0.25) is 4.79 Å². The number of halogens is 2. The van der Waals surface area contributed by atoms with Crippen LogP contribution in [-0.4, -0.2) is 42.1 Å². The van der Waals surface area contributed by atoms with E-state index in [4.69, 9.17) is 21.6 Å². The van der Waals surface area contributed by atoms with E-state index in [1.54, 1.807) is 12.1 Å². The lowest BCUT2D eigenvalue weighted by molar-refractivity contribution is 0.0926. The van der Waals surface area contributed by atoms with Crippen molar-refractivity contribution in [2.24, 2.45) is 0 Å². The second-order valence-corrected chi connectivity index (χ2v) is 9.40. The maximum absolute atomic E-state index is 12.6. The van der Waals surface area contributed by atoms with Crippen LogP contribution in [0.3, 0.4) is 0 Å².